The summed E-state index contributed by atoms with van der Waals surface area (Å²) in [5.41, 5.74) is 0. The maximum absolute atomic E-state index is 10.7. The van der Waals surface area contributed by atoms with E-state index in [9.17, 15) is 4.79 Å². The second kappa shape index (κ2) is 15.3. The van der Waals surface area contributed by atoms with Crippen molar-refractivity contribution < 1.29 is 24.4 Å². The zero-order chi connectivity index (χ0) is 20.5. The van der Waals surface area contributed by atoms with Gasteiger partial charge in [-0.25, -0.2) is 9.78 Å². The first-order valence-corrected chi connectivity index (χ1v) is 10.5. The molecule has 0 aromatic carbocycles. The van der Waals surface area contributed by atoms with Crippen LogP contribution in [-0.4, -0.2) is 30.1 Å². The molecule has 0 aromatic heterocycles. The lowest BCUT2D eigenvalue weighted by atomic mass is 9.99. The number of rotatable bonds is 14. The summed E-state index contributed by atoms with van der Waals surface area (Å²) < 4.78 is 5.48. The Kier molecular flexibility index (Phi) is 13.4. The van der Waals surface area contributed by atoms with Crippen molar-refractivity contribution in [1.82, 2.24) is 0 Å². The lowest BCUT2D eigenvalue weighted by Crippen LogP contribution is -2.42. The average molecular weight is 393 g/mol. The molecule has 1 rings (SSSR count). The number of methoxy groups -OCH3 is 1. The molecule has 0 aromatic rings. The normalized spacial score (nSPS) is 22.0. The van der Waals surface area contributed by atoms with Gasteiger partial charge in [-0.2, -0.15) is 0 Å². The van der Waals surface area contributed by atoms with Gasteiger partial charge in [0.05, 0.1) is 6.42 Å². The number of carboxylic acids is 1. The van der Waals surface area contributed by atoms with Crippen LogP contribution in [-0.2, 0) is 19.3 Å². The van der Waals surface area contributed by atoms with Crippen molar-refractivity contribution in [2.24, 2.45) is 0 Å². The highest BCUT2D eigenvalue weighted by Crippen LogP contribution is 2.33. The maximum atomic E-state index is 10.7. The number of ether oxygens (including phenoxy) is 1. The van der Waals surface area contributed by atoms with Gasteiger partial charge in [-0.3, -0.25) is 4.79 Å². The van der Waals surface area contributed by atoms with Crippen LogP contribution in [0.2, 0.25) is 0 Å². The number of carbonyl (C=O) groups is 1. The summed E-state index contributed by atoms with van der Waals surface area (Å²) in [6.45, 7) is 3.74. The lowest BCUT2D eigenvalue weighted by molar-refractivity contribution is -0.466. The van der Waals surface area contributed by atoms with Crippen molar-refractivity contribution in [3.05, 3.63) is 24.8 Å². The first-order chi connectivity index (χ1) is 13.6. The van der Waals surface area contributed by atoms with E-state index in [4.69, 9.17) is 19.6 Å². The third-order valence-electron chi connectivity index (χ3n) is 4.90. The minimum Gasteiger partial charge on any atom is -0.481 e. The average Bonchev–Trinajstić information content (AvgIpc) is 2.69. The Bertz CT molecular complexity index is 521. The van der Waals surface area contributed by atoms with E-state index in [1.807, 2.05) is 12.2 Å². The molecular formula is C23H36O5. The van der Waals surface area contributed by atoms with Crippen molar-refractivity contribution in [3.63, 3.8) is 0 Å². The Morgan fingerprint density at radius 3 is 2.64 bits per heavy atom. The minimum absolute atomic E-state index is 0.0487. The first-order valence-electron chi connectivity index (χ1n) is 10.5. The summed E-state index contributed by atoms with van der Waals surface area (Å²) >= 11 is 0. The zero-order valence-electron chi connectivity index (χ0n) is 17.3. The van der Waals surface area contributed by atoms with Gasteiger partial charge in [-0.05, 0) is 44.6 Å². The minimum atomic E-state index is -0.884. The summed E-state index contributed by atoms with van der Waals surface area (Å²) in [6.07, 6.45) is 17.7. The number of carboxylic acid groups (broad SMARTS) is 1. The molecule has 5 heteroatoms. The van der Waals surface area contributed by atoms with Crippen LogP contribution < -0.4 is 0 Å². The summed E-state index contributed by atoms with van der Waals surface area (Å²) in [4.78, 5) is 21.3. The summed E-state index contributed by atoms with van der Waals surface area (Å²) in [5.74, 6) is 4.57. The standard InChI is InChI=1S/C23H36O5/c1-3-4-5-6-7-8-9-10-11-12-13-14-15-16-18-23(26-2)19-17-21(27-28-23)20-22(24)25/h3,11-12,21H,1,4-10,15-20H2,2H3,(H,24,25)/b12-11+/t21-,23+/m0/s1. The molecule has 1 N–H and O–H groups in total. The van der Waals surface area contributed by atoms with Crippen molar-refractivity contribution in [2.45, 2.75) is 95.4 Å². The molecule has 5 nitrogen and oxygen atoms in total. The van der Waals surface area contributed by atoms with Gasteiger partial charge >= 0.3 is 5.97 Å². The Morgan fingerprint density at radius 1 is 1.25 bits per heavy atom. The Hall–Kier alpha value is -1.61. The third kappa shape index (κ3) is 11.3. The molecular weight excluding hydrogens is 356 g/mol. The summed E-state index contributed by atoms with van der Waals surface area (Å²) in [6, 6.07) is 0. The van der Waals surface area contributed by atoms with Crippen LogP contribution in [0.5, 0.6) is 0 Å². The van der Waals surface area contributed by atoms with Crippen LogP contribution in [0.15, 0.2) is 24.8 Å². The molecule has 1 fully saturated rings. The Morgan fingerprint density at radius 2 is 2.00 bits per heavy atom. The molecule has 0 aliphatic carbocycles. The predicted molar refractivity (Wildman–Crippen MR) is 110 cm³/mol. The van der Waals surface area contributed by atoms with Gasteiger partial charge in [0.25, 0.3) is 0 Å². The lowest BCUT2D eigenvalue weighted by Gasteiger charge is -2.37. The van der Waals surface area contributed by atoms with Gasteiger partial charge in [-0.1, -0.05) is 43.3 Å². The highest BCUT2D eigenvalue weighted by Gasteiger charge is 2.38. The van der Waals surface area contributed by atoms with E-state index in [-0.39, 0.29) is 6.42 Å². The maximum Gasteiger partial charge on any atom is 0.306 e. The highest BCUT2D eigenvalue weighted by molar-refractivity contribution is 5.67. The number of unbranched alkanes of at least 4 members (excludes halogenated alkanes) is 7. The fraction of sp³-hybridized carbons (Fsp3) is 0.696. The van der Waals surface area contributed by atoms with Gasteiger partial charge in [-0.15, -0.1) is 6.58 Å². The van der Waals surface area contributed by atoms with Crippen molar-refractivity contribution >= 4 is 5.97 Å². The van der Waals surface area contributed by atoms with Crippen LogP contribution in [0.1, 0.15) is 83.5 Å². The Labute approximate surface area is 170 Å². The first kappa shape index (κ1) is 24.4. The molecule has 158 valence electrons. The van der Waals surface area contributed by atoms with E-state index in [0.29, 0.717) is 19.3 Å². The molecule has 1 heterocycles. The SMILES string of the molecule is C=CCCCCCCC/C=C/C#CCCC[C@]1(OC)CC[C@@H](CC(=O)O)OO1. The van der Waals surface area contributed by atoms with Crippen molar-refractivity contribution in [1.29, 1.82) is 0 Å². The van der Waals surface area contributed by atoms with Gasteiger partial charge in [0.2, 0.25) is 5.79 Å². The van der Waals surface area contributed by atoms with Crippen LogP contribution in [0.3, 0.4) is 0 Å². The van der Waals surface area contributed by atoms with E-state index in [2.05, 4.69) is 24.5 Å². The second-order valence-electron chi connectivity index (χ2n) is 7.26. The van der Waals surface area contributed by atoms with Gasteiger partial charge in [0.1, 0.15) is 6.10 Å². The van der Waals surface area contributed by atoms with Crippen LogP contribution in [0.25, 0.3) is 0 Å². The molecule has 1 saturated heterocycles. The van der Waals surface area contributed by atoms with E-state index in [1.54, 1.807) is 7.11 Å². The highest BCUT2D eigenvalue weighted by atomic mass is 17.2. The Balaban J connectivity index is 2.09. The molecule has 2 atom stereocenters. The topological polar surface area (TPSA) is 65.0 Å². The molecule has 1 aliphatic heterocycles. The largest absolute Gasteiger partial charge is 0.481 e. The third-order valence-corrected chi connectivity index (χ3v) is 4.90. The van der Waals surface area contributed by atoms with E-state index in [1.165, 1.54) is 32.1 Å². The van der Waals surface area contributed by atoms with E-state index < -0.39 is 17.9 Å². The molecule has 0 unspecified atom stereocenters. The molecule has 0 saturated carbocycles. The van der Waals surface area contributed by atoms with Crippen LogP contribution in [0, 0.1) is 11.8 Å². The monoisotopic (exact) mass is 392 g/mol. The number of hydrogen-bond acceptors (Lipinski definition) is 4. The predicted octanol–water partition coefficient (Wildman–Crippen LogP) is 5.56. The van der Waals surface area contributed by atoms with Crippen LogP contribution >= 0.6 is 0 Å². The van der Waals surface area contributed by atoms with Gasteiger partial charge in [0, 0.05) is 26.4 Å². The van der Waals surface area contributed by atoms with Crippen molar-refractivity contribution in [2.75, 3.05) is 7.11 Å². The van der Waals surface area contributed by atoms with Crippen LogP contribution in [0.4, 0.5) is 0 Å². The molecule has 0 radical (unpaired) electrons. The smallest absolute Gasteiger partial charge is 0.306 e. The number of aliphatic carboxylic acids is 1. The molecule has 0 spiro atoms. The van der Waals surface area contributed by atoms with Gasteiger partial charge in [0.15, 0.2) is 0 Å². The zero-order valence-corrected chi connectivity index (χ0v) is 17.3. The second-order valence-corrected chi connectivity index (χ2v) is 7.26. The van der Waals surface area contributed by atoms with Crippen molar-refractivity contribution in [3.8, 4) is 11.8 Å². The molecule has 0 bridgehead atoms. The molecule has 28 heavy (non-hydrogen) atoms. The summed E-state index contributed by atoms with van der Waals surface area (Å²) in [7, 11) is 1.59. The quantitative estimate of drug-likeness (QED) is 0.181. The number of hydrogen-bond donors (Lipinski definition) is 1. The van der Waals surface area contributed by atoms with E-state index in [0.717, 1.165) is 25.7 Å². The molecule has 0 amide bonds. The fourth-order valence-electron chi connectivity index (χ4n) is 3.16. The molecule has 1 aliphatic rings. The fourth-order valence-corrected chi connectivity index (χ4v) is 3.16. The number of allylic oxidation sites excluding steroid dienone is 3. The summed E-state index contributed by atoms with van der Waals surface area (Å²) in [5, 5.41) is 8.81. The van der Waals surface area contributed by atoms with E-state index >= 15 is 0 Å². The van der Waals surface area contributed by atoms with Gasteiger partial charge < -0.3 is 9.84 Å².